The predicted octanol–water partition coefficient (Wildman–Crippen LogP) is 0.688. The zero-order chi connectivity index (χ0) is 12.3. The molecule has 1 aliphatic heterocycles. The standard InChI is InChI=1S/C9H10ClN5O2/c10-8-3-1-2-7(12-8)6-14-5-4-11-9(14)13-15(16)17/h1-3H,4-6H2,(H,11,13). The first-order valence-corrected chi connectivity index (χ1v) is 5.36. The number of hydrazone groups is 1. The number of pyridine rings is 1. The maximum atomic E-state index is 10.3. The van der Waals surface area contributed by atoms with Gasteiger partial charge in [0.15, 0.2) is 5.03 Å². The van der Waals surface area contributed by atoms with Gasteiger partial charge in [0.05, 0.1) is 12.2 Å². The van der Waals surface area contributed by atoms with E-state index in [0.717, 1.165) is 5.69 Å². The fourth-order valence-corrected chi connectivity index (χ4v) is 1.77. The number of rotatable bonds is 3. The monoisotopic (exact) mass is 255 g/mol. The lowest BCUT2D eigenvalue weighted by atomic mass is 10.3. The van der Waals surface area contributed by atoms with Crippen LogP contribution in [0.5, 0.6) is 0 Å². The molecule has 1 fully saturated rings. The Balaban J connectivity index is 2.10. The Morgan fingerprint density at radius 1 is 1.65 bits per heavy atom. The van der Waals surface area contributed by atoms with Crippen LogP contribution in [0.2, 0.25) is 5.15 Å². The third-order valence-corrected chi connectivity index (χ3v) is 2.48. The first kappa shape index (κ1) is 11.6. The summed E-state index contributed by atoms with van der Waals surface area (Å²) in [5.74, 6) is 0.261. The van der Waals surface area contributed by atoms with Crippen molar-refractivity contribution < 1.29 is 5.03 Å². The normalized spacial score (nSPS) is 17.2. The Hall–Kier alpha value is -1.89. The Morgan fingerprint density at radius 2 is 2.47 bits per heavy atom. The SMILES string of the molecule is O=[N+]([O-])/N=C1\NCCN1Cc1cccc(Cl)n1. The molecule has 1 saturated heterocycles. The number of guanidine groups is 1. The van der Waals surface area contributed by atoms with Crippen molar-refractivity contribution in [3.8, 4) is 0 Å². The molecule has 1 aliphatic rings. The van der Waals surface area contributed by atoms with E-state index in [9.17, 15) is 10.1 Å². The molecular formula is C9H10ClN5O2. The first-order valence-electron chi connectivity index (χ1n) is 4.98. The van der Waals surface area contributed by atoms with Crippen LogP contribution in [0.3, 0.4) is 0 Å². The third kappa shape index (κ3) is 3.04. The van der Waals surface area contributed by atoms with E-state index in [0.29, 0.717) is 24.8 Å². The smallest absolute Gasteiger partial charge is 0.271 e. The van der Waals surface area contributed by atoms with Crippen molar-refractivity contribution in [2.24, 2.45) is 5.10 Å². The maximum absolute atomic E-state index is 10.3. The summed E-state index contributed by atoms with van der Waals surface area (Å²) in [6.45, 7) is 1.73. The maximum Gasteiger partial charge on any atom is 0.271 e. The van der Waals surface area contributed by atoms with E-state index in [2.05, 4.69) is 15.4 Å². The lowest BCUT2D eigenvalue weighted by Gasteiger charge is -2.14. The van der Waals surface area contributed by atoms with Gasteiger partial charge in [-0.15, -0.1) is 0 Å². The molecule has 0 aromatic carbocycles. The summed E-state index contributed by atoms with van der Waals surface area (Å²) in [7, 11) is 0. The van der Waals surface area contributed by atoms with Crippen LogP contribution < -0.4 is 5.32 Å². The molecule has 0 atom stereocenters. The van der Waals surface area contributed by atoms with Gasteiger partial charge in [0.2, 0.25) is 0 Å². The summed E-state index contributed by atoms with van der Waals surface area (Å²) in [6.07, 6.45) is 0. The summed E-state index contributed by atoms with van der Waals surface area (Å²) in [5.41, 5.74) is 0.747. The minimum absolute atomic E-state index is 0.261. The van der Waals surface area contributed by atoms with E-state index in [4.69, 9.17) is 11.6 Å². The Labute approximate surface area is 102 Å². The average Bonchev–Trinajstić information content (AvgIpc) is 2.65. The second kappa shape index (κ2) is 4.96. The van der Waals surface area contributed by atoms with Crippen molar-refractivity contribution in [2.45, 2.75) is 6.54 Å². The molecule has 8 heteroatoms. The van der Waals surface area contributed by atoms with Gasteiger partial charge < -0.3 is 10.2 Å². The number of nitrogens with one attached hydrogen (secondary N) is 1. The first-order chi connectivity index (χ1) is 8.15. The number of hydrogen-bond donors (Lipinski definition) is 1. The van der Waals surface area contributed by atoms with Crippen molar-refractivity contribution in [2.75, 3.05) is 13.1 Å². The van der Waals surface area contributed by atoms with Crippen LogP contribution in [0, 0.1) is 10.1 Å². The van der Waals surface area contributed by atoms with Crippen LogP contribution in [-0.4, -0.2) is 34.0 Å². The van der Waals surface area contributed by atoms with Gasteiger partial charge in [-0.1, -0.05) is 17.7 Å². The molecule has 17 heavy (non-hydrogen) atoms. The van der Waals surface area contributed by atoms with Crippen molar-refractivity contribution in [3.05, 3.63) is 39.2 Å². The van der Waals surface area contributed by atoms with Gasteiger partial charge in [0.25, 0.3) is 5.96 Å². The number of hydrogen-bond acceptors (Lipinski definition) is 3. The third-order valence-electron chi connectivity index (χ3n) is 2.27. The van der Waals surface area contributed by atoms with Crippen molar-refractivity contribution in [3.63, 3.8) is 0 Å². The van der Waals surface area contributed by atoms with Crippen LogP contribution >= 0.6 is 11.6 Å². The van der Waals surface area contributed by atoms with Gasteiger partial charge in [-0.3, -0.25) is 0 Å². The highest BCUT2D eigenvalue weighted by atomic mass is 35.5. The van der Waals surface area contributed by atoms with Gasteiger partial charge in [0.1, 0.15) is 10.3 Å². The fraction of sp³-hybridized carbons (Fsp3) is 0.333. The van der Waals surface area contributed by atoms with E-state index in [1.54, 1.807) is 17.0 Å². The zero-order valence-corrected chi connectivity index (χ0v) is 9.59. The van der Waals surface area contributed by atoms with Crippen LogP contribution in [0.1, 0.15) is 5.69 Å². The summed E-state index contributed by atoms with van der Waals surface area (Å²) in [5, 5.41) is 16.1. The topological polar surface area (TPSA) is 83.7 Å². The zero-order valence-electron chi connectivity index (χ0n) is 8.84. The summed E-state index contributed by atoms with van der Waals surface area (Å²) in [6, 6.07) is 5.28. The molecule has 0 saturated carbocycles. The second-order valence-electron chi connectivity index (χ2n) is 3.46. The number of aromatic nitrogens is 1. The molecule has 90 valence electrons. The number of nitrogens with zero attached hydrogens (tertiary/aromatic N) is 4. The quantitative estimate of drug-likeness (QED) is 0.488. The van der Waals surface area contributed by atoms with Crippen molar-refractivity contribution in [1.29, 1.82) is 0 Å². The van der Waals surface area contributed by atoms with Gasteiger partial charge in [-0.2, -0.15) is 0 Å². The predicted molar refractivity (Wildman–Crippen MR) is 62.1 cm³/mol. The van der Waals surface area contributed by atoms with Gasteiger partial charge in [0, 0.05) is 13.1 Å². The van der Waals surface area contributed by atoms with E-state index in [1.165, 1.54) is 0 Å². The molecule has 2 heterocycles. The van der Waals surface area contributed by atoms with E-state index >= 15 is 0 Å². The van der Waals surface area contributed by atoms with Crippen LogP contribution in [0.4, 0.5) is 0 Å². The summed E-state index contributed by atoms with van der Waals surface area (Å²) >= 11 is 5.77. The summed E-state index contributed by atoms with van der Waals surface area (Å²) in [4.78, 5) is 16.2. The highest BCUT2D eigenvalue weighted by molar-refractivity contribution is 6.29. The van der Waals surface area contributed by atoms with Crippen LogP contribution in [0.25, 0.3) is 0 Å². The van der Waals surface area contributed by atoms with Gasteiger partial charge in [-0.25, -0.2) is 15.1 Å². The highest BCUT2D eigenvalue weighted by Gasteiger charge is 2.21. The molecule has 1 aromatic rings. The lowest BCUT2D eigenvalue weighted by molar-refractivity contribution is -0.485. The van der Waals surface area contributed by atoms with E-state index in [-0.39, 0.29) is 5.96 Å². The average molecular weight is 256 g/mol. The molecule has 0 spiro atoms. The van der Waals surface area contributed by atoms with Gasteiger partial charge >= 0.3 is 0 Å². The number of halogens is 1. The van der Waals surface area contributed by atoms with Crippen molar-refractivity contribution in [1.82, 2.24) is 15.2 Å². The van der Waals surface area contributed by atoms with Crippen LogP contribution in [-0.2, 0) is 6.54 Å². The molecule has 7 nitrogen and oxygen atoms in total. The van der Waals surface area contributed by atoms with E-state index < -0.39 is 5.03 Å². The Morgan fingerprint density at radius 3 is 3.18 bits per heavy atom. The minimum Gasteiger partial charge on any atom is -0.349 e. The molecular weight excluding hydrogens is 246 g/mol. The van der Waals surface area contributed by atoms with E-state index in [1.807, 2.05) is 6.07 Å². The molecule has 0 bridgehead atoms. The molecule has 1 N–H and O–H groups in total. The van der Waals surface area contributed by atoms with Gasteiger partial charge in [-0.05, 0) is 12.1 Å². The highest BCUT2D eigenvalue weighted by Crippen LogP contribution is 2.09. The Kier molecular flexibility index (Phi) is 3.38. The molecule has 0 radical (unpaired) electrons. The number of nitro groups is 1. The van der Waals surface area contributed by atoms with Crippen molar-refractivity contribution >= 4 is 17.6 Å². The molecule has 1 aromatic heterocycles. The lowest BCUT2D eigenvalue weighted by Crippen LogP contribution is -2.30. The molecule has 2 rings (SSSR count). The molecule has 0 aliphatic carbocycles. The molecule has 0 amide bonds. The second-order valence-corrected chi connectivity index (χ2v) is 3.85. The largest absolute Gasteiger partial charge is 0.349 e. The Bertz CT molecular complexity index is 464. The fourth-order valence-electron chi connectivity index (χ4n) is 1.58. The minimum atomic E-state index is -0.716. The summed E-state index contributed by atoms with van der Waals surface area (Å²) < 4.78 is 0. The van der Waals surface area contributed by atoms with Crippen LogP contribution in [0.15, 0.2) is 23.3 Å². The molecule has 0 unspecified atom stereocenters.